The largest absolute Gasteiger partial charge is 0.495 e. The number of ether oxygens (including phenoxy) is 2. The Balaban J connectivity index is 1.86. The molecule has 2 aromatic rings. The molecule has 28 heavy (non-hydrogen) atoms. The maximum absolute atomic E-state index is 13.1. The predicted octanol–water partition coefficient (Wildman–Crippen LogP) is 3.54. The number of hydrogen-bond acceptors (Lipinski definition) is 5. The normalized spacial score (nSPS) is 16.0. The van der Waals surface area contributed by atoms with Gasteiger partial charge in [0.25, 0.3) is 0 Å². The minimum absolute atomic E-state index is 0.0548. The first-order valence-electron chi connectivity index (χ1n) is 8.97. The van der Waals surface area contributed by atoms with E-state index in [1.165, 1.54) is 53.9 Å². The third kappa shape index (κ3) is 4.18. The Kier molecular flexibility index (Phi) is 6.00. The number of carbonyl (C=O) groups excluding carboxylic acids is 1. The van der Waals surface area contributed by atoms with Crippen molar-refractivity contribution in [3.05, 3.63) is 59.4 Å². The lowest BCUT2D eigenvalue weighted by molar-refractivity contribution is 0.0337. The highest BCUT2D eigenvalue weighted by atomic mass is 32.2. The number of methoxy groups -OCH3 is 1. The van der Waals surface area contributed by atoms with E-state index in [0.29, 0.717) is 18.7 Å². The summed E-state index contributed by atoms with van der Waals surface area (Å²) in [7, 11) is -2.38. The first-order chi connectivity index (χ1) is 13.3. The molecule has 0 aromatic heterocycles. The highest BCUT2D eigenvalue weighted by molar-refractivity contribution is 7.89. The molecule has 1 aliphatic rings. The van der Waals surface area contributed by atoms with Crippen molar-refractivity contribution in [2.75, 3.05) is 20.2 Å². The molecule has 0 spiro atoms. The van der Waals surface area contributed by atoms with Gasteiger partial charge in [-0.2, -0.15) is 4.31 Å². The number of halogens is 1. The summed E-state index contributed by atoms with van der Waals surface area (Å²) >= 11 is 0. The van der Waals surface area contributed by atoms with Gasteiger partial charge < -0.3 is 9.47 Å². The summed E-state index contributed by atoms with van der Waals surface area (Å²) in [6.45, 7) is 2.56. The molecule has 150 valence electrons. The molecule has 8 heteroatoms. The first kappa shape index (κ1) is 20.3. The molecule has 1 atom stereocenters. The van der Waals surface area contributed by atoms with Gasteiger partial charge in [0, 0.05) is 13.1 Å². The van der Waals surface area contributed by atoms with Crippen LogP contribution in [-0.2, 0) is 14.8 Å². The fourth-order valence-corrected chi connectivity index (χ4v) is 4.80. The van der Waals surface area contributed by atoms with Gasteiger partial charge in [-0.25, -0.2) is 17.6 Å². The predicted molar refractivity (Wildman–Crippen MR) is 101 cm³/mol. The van der Waals surface area contributed by atoms with E-state index in [1.54, 1.807) is 6.92 Å². The summed E-state index contributed by atoms with van der Waals surface area (Å²) in [5.41, 5.74) is 0.737. The van der Waals surface area contributed by atoms with Crippen LogP contribution in [0.3, 0.4) is 0 Å². The molecule has 3 rings (SSSR count). The van der Waals surface area contributed by atoms with Gasteiger partial charge in [0.1, 0.15) is 22.6 Å². The first-order valence-corrected chi connectivity index (χ1v) is 10.4. The molecule has 1 saturated heterocycles. The Hall–Kier alpha value is -2.45. The number of esters is 1. The number of rotatable bonds is 6. The van der Waals surface area contributed by atoms with E-state index in [9.17, 15) is 17.6 Å². The van der Waals surface area contributed by atoms with Gasteiger partial charge in [0.15, 0.2) is 0 Å². The van der Waals surface area contributed by atoms with Crippen LogP contribution in [0.5, 0.6) is 5.75 Å². The van der Waals surface area contributed by atoms with Gasteiger partial charge in [-0.1, -0.05) is 12.1 Å². The topological polar surface area (TPSA) is 72.9 Å². The molecule has 0 N–H and O–H groups in total. The molecule has 0 aliphatic carbocycles. The fraction of sp³-hybridized carbons (Fsp3) is 0.350. The zero-order valence-corrected chi connectivity index (χ0v) is 16.5. The van der Waals surface area contributed by atoms with Crippen molar-refractivity contribution in [1.82, 2.24) is 4.31 Å². The van der Waals surface area contributed by atoms with E-state index in [4.69, 9.17) is 9.47 Å². The second-order valence-corrected chi connectivity index (χ2v) is 8.48. The van der Waals surface area contributed by atoms with Gasteiger partial charge in [-0.05, 0) is 55.7 Å². The molecule has 1 aliphatic heterocycles. The molecule has 0 unspecified atom stereocenters. The summed E-state index contributed by atoms with van der Waals surface area (Å²) in [4.78, 5) is 12.5. The Labute approximate surface area is 163 Å². The summed E-state index contributed by atoms with van der Waals surface area (Å²) in [6, 6.07) is 9.83. The molecular formula is C20H22FNO5S. The number of hydrogen-bond donors (Lipinski definition) is 0. The van der Waals surface area contributed by atoms with Gasteiger partial charge in [0.05, 0.1) is 12.7 Å². The minimum Gasteiger partial charge on any atom is -0.495 e. The highest BCUT2D eigenvalue weighted by Gasteiger charge is 2.31. The molecule has 0 amide bonds. The number of nitrogens with zero attached hydrogens (tertiary/aromatic N) is 1. The summed E-state index contributed by atoms with van der Waals surface area (Å²) in [5, 5.41) is 0. The van der Waals surface area contributed by atoms with Crippen LogP contribution in [0.25, 0.3) is 0 Å². The van der Waals surface area contributed by atoms with Gasteiger partial charge in [-0.15, -0.1) is 0 Å². The van der Waals surface area contributed by atoms with Gasteiger partial charge in [0.2, 0.25) is 10.0 Å². The van der Waals surface area contributed by atoms with E-state index < -0.39 is 22.1 Å². The Morgan fingerprint density at radius 1 is 1.11 bits per heavy atom. The molecule has 2 aromatic carbocycles. The van der Waals surface area contributed by atoms with Crippen LogP contribution in [0.1, 0.15) is 41.8 Å². The quantitative estimate of drug-likeness (QED) is 0.685. The zero-order chi connectivity index (χ0) is 20.3. The monoisotopic (exact) mass is 407 g/mol. The SMILES string of the molecule is COc1ccc(C(=O)O[C@@H](C)c2ccc(F)cc2)cc1S(=O)(=O)N1CCCC1. The van der Waals surface area contributed by atoms with E-state index in [2.05, 4.69) is 0 Å². The standard InChI is InChI=1S/C20H22FNO5S/c1-14(15-5-8-17(21)9-6-15)27-20(23)16-7-10-18(26-2)19(13-16)28(24,25)22-11-3-4-12-22/h5-10,13-14H,3-4,11-12H2,1-2H3/t14-/m0/s1. The summed E-state index contributed by atoms with van der Waals surface area (Å²) in [5.74, 6) is -0.874. The molecule has 1 heterocycles. The van der Waals surface area contributed by atoms with Crippen molar-refractivity contribution < 1.29 is 27.1 Å². The zero-order valence-electron chi connectivity index (χ0n) is 15.7. The van der Waals surface area contributed by atoms with Crippen molar-refractivity contribution in [1.29, 1.82) is 0 Å². The minimum atomic E-state index is -3.76. The lowest BCUT2D eigenvalue weighted by Gasteiger charge is -2.19. The van der Waals surface area contributed by atoms with Gasteiger partial charge >= 0.3 is 5.97 Å². The molecule has 0 radical (unpaired) electrons. The number of benzene rings is 2. The number of carbonyl (C=O) groups is 1. The average molecular weight is 407 g/mol. The summed E-state index contributed by atoms with van der Waals surface area (Å²) in [6.07, 6.45) is 0.991. The lowest BCUT2D eigenvalue weighted by atomic mass is 10.1. The molecular weight excluding hydrogens is 385 g/mol. The van der Waals surface area contributed by atoms with Crippen molar-refractivity contribution in [2.24, 2.45) is 0 Å². The number of sulfonamides is 1. The lowest BCUT2D eigenvalue weighted by Crippen LogP contribution is -2.28. The highest BCUT2D eigenvalue weighted by Crippen LogP contribution is 2.30. The van der Waals surface area contributed by atoms with Crippen LogP contribution >= 0.6 is 0 Å². The molecule has 0 bridgehead atoms. The maximum Gasteiger partial charge on any atom is 0.338 e. The second kappa shape index (κ2) is 8.28. The third-order valence-electron chi connectivity index (χ3n) is 4.71. The smallest absolute Gasteiger partial charge is 0.338 e. The van der Waals surface area contributed by atoms with E-state index in [-0.39, 0.29) is 22.0 Å². The van der Waals surface area contributed by atoms with Crippen molar-refractivity contribution in [3.63, 3.8) is 0 Å². The molecule has 0 saturated carbocycles. The second-order valence-electron chi connectivity index (χ2n) is 6.58. The van der Waals surface area contributed by atoms with E-state index in [1.807, 2.05) is 0 Å². The Morgan fingerprint density at radius 3 is 2.36 bits per heavy atom. The third-order valence-corrected chi connectivity index (χ3v) is 6.63. The molecule has 6 nitrogen and oxygen atoms in total. The summed E-state index contributed by atoms with van der Waals surface area (Å²) < 4.78 is 50.9. The fourth-order valence-electron chi connectivity index (χ4n) is 3.10. The van der Waals surface area contributed by atoms with Crippen LogP contribution in [0.15, 0.2) is 47.4 Å². The maximum atomic E-state index is 13.1. The van der Waals surface area contributed by atoms with Crippen LogP contribution < -0.4 is 4.74 Å². The van der Waals surface area contributed by atoms with Crippen molar-refractivity contribution in [3.8, 4) is 5.75 Å². The van der Waals surface area contributed by atoms with Crippen LogP contribution in [-0.4, -0.2) is 38.9 Å². The Morgan fingerprint density at radius 2 is 1.75 bits per heavy atom. The molecule has 1 fully saturated rings. The van der Waals surface area contributed by atoms with Crippen LogP contribution in [0, 0.1) is 5.82 Å². The van der Waals surface area contributed by atoms with Crippen LogP contribution in [0.4, 0.5) is 4.39 Å². The van der Waals surface area contributed by atoms with E-state index in [0.717, 1.165) is 12.8 Å². The van der Waals surface area contributed by atoms with E-state index >= 15 is 0 Å². The van der Waals surface area contributed by atoms with Gasteiger partial charge in [-0.3, -0.25) is 0 Å². The average Bonchev–Trinajstić information content (AvgIpc) is 3.23. The van der Waals surface area contributed by atoms with Crippen LogP contribution in [0.2, 0.25) is 0 Å². The Bertz CT molecular complexity index is 953. The van der Waals surface area contributed by atoms with Crippen molar-refractivity contribution in [2.45, 2.75) is 30.8 Å². The van der Waals surface area contributed by atoms with Crippen molar-refractivity contribution >= 4 is 16.0 Å².